The van der Waals surface area contributed by atoms with E-state index in [1.54, 1.807) is 7.11 Å². The molecule has 166 valence electrons. The third-order valence-corrected chi connectivity index (χ3v) is 6.20. The molecule has 3 unspecified atom stereocenters. The minimum Gasteiger partial charge on any atom is -0.493 e. The molecule has 1 aliphatic heterocycles. The molecule has 1 N–H and O–H groups in total. The van der Waals surface area contributed by atoms with Gasteiger partial charge in [-0.15, -0.1) is 0 Å². The van der Waals surface area contributed by atoms with E-state index in [0.29, 0.717) is 13.1 Å². The van der Waals surface area contributed by atoms with Gasteiger partial charge in [0, 0.05) is 18.7 Å². The number of fused-ring (bicyclic) bond motifs is 1. The van der Waals surface area contributed by atoms with E-state index >= 15 is 0 Å². The maximum absolute atomic E-state index is 10.5. The normalized spacial score (nSPS) is 27.3. The van der Waals surface area contributed by atoms with Crippen molar-refractivity contribution < 1.29 is 24.2 Å². The van der Waals surface area contributed by atoms with Crippen molar-refractivity contribution in [3.05, 3.63) is 23.3 Å². The number of nitrogens with zero attached hydrogens (tertiary/aromatic N) is 2. The number of aryl methyl sites for hydroxylation is 1. The first-order chi connectivity index (χ1) is 14.5. The van der Waals surface area contributed by atoms with Gasteiger partial charge in [-0.2, -0.15) is 0 Å². The van der Waals surface area contributed by atoms with Crippen molar-refractivity contribution >= 4 is 5.71 Å². The number of morpholine rings is 1. The van der Waals surface area contributed by atoms with Gasteiger partial charge in [0.15, 0.2) is 18.1 Å². The second-order valence-corrected chi connectivity index (χ2v) is 8.71. The average Bonchev–Trinajstić information content (AvgIpc) is 3.36. The Balaban J connectivity index is 1.41. The topological polar surface area (TPSA) is 72.8 Å². The zero-order valence-corrected chi connectivity index (χ0v) is 18.3. The lowest BCUT2D eigenvalue weighted by molar-refractivity contribution is -0.137. The Morgan fingerprint density at radius 1 is 1.13 bits per heavy atom. The van der Waals surface area contributed by atoms with Gasteiger partial charge in [0.1, 0.15) is 6.23 Å². The molecule has 2 aliphatic carbocycles. The Bertz CT molecular complexity index is 752. The molecule has 3 atom stereocenters. The molecule has 3 aliphatic rings. The number of rotatable bonds is 7. The summed E-state index contributed by atoms with van der Waals surface area (Å²) >= 11 is 0. The number of ether oxygens (including phenoxy) is 3. The van der Waals surface area contributed by atoms with Gasteiger partial charge >= 0.3 is 0 Å². The van der Waals surface area contributed by atoms with Crippen molar-refractivity contribution in [2.45, 2.75) is 76.9 Å². The third-order valence-electron chi connectivity index (χ3n) is 6.20. The summed E-state index contributed by atoms with van der Waals surface area (Å²) in [7, 11) is 1.69. The van der Waals surface area contributed by atoms with Crippen LogP contribution in [-0.2, 0) is 16.0 Å². The highest BCUT2D eigenvalue weighted by molar-refractivity contribution is 6.04. The Morgan fingerprint density at radius 3 is 2.57 bits per heavy atom. The standard InChI is InChI=1S/C23H34N2O5/c1-15-12-25(13-16(2)29-15)23(26)14-28-24-20-9-8-17-10-21(27-3)22(11-19(17)20)30-18-6-4-5-7-18/h10-11,15-16,18,23,26H,4-9,12-14H2,1-3H3/b24-20+. The number of aliphatic hydroxyl groups excluding tert-OH is 1. The molecule has 7 nitrogen and oxygen atoms in total. The largest absolute Gasteiger partial charge is 0.493 e. The van der Waals surface area contributed by atoms with Crippen LogP contribution in [0.3, 0.4) is 0 Å². The van der Waals surface area contributed by atoms with Crippen molar-refractivity contribution in [3.63, 3.8) is 0 Å². The van der Waals surface area contributed by atoms with Gasteiger partial charge in [-0.25, -0.2) is 0 Å². The molecule has 4 rings (SSSR count). The van der Waals surface area contributed by atoms with Gasteiger partial charge in [0.2, 0.25) is 0 Å². The van der Waals surface area contributed by atoms with Crippen LogP contribution in [0.15, 0.2) is 17.3 Å². The maximum Gasteiger partial charge on any atom is 0.162 e. The maximum atomic E-state index is 10.5. The molecule has 2 fully saturated rings. The SMILES string of the molecule is COc1cc2c(cc1OC1CCCC1)/C(=N/OCC(O)N1CC(C)OC(C)C1)CC2. The highest BCUT2D eigenvalue weighted by atomic mass is 16.6. The van der Waals surface area contributed by atoms with E-state index in [1.807, 2.05) is 24.8 Å². The van der Waals surface area contributed by atoms with Crippen molar-refractivity contribution in [3.8, 4) is 11.5 Å². The third kappa shape index (κ3) is 4.90. The minimum atomic E-state index is -0.693. The Labute approximate surface area is 178 Å². The molecule has 0 spiro atoms. The molecule has 1 saturated carbocycles. The molecule has 1 saturated heterocycles. The zero-order chi connectivity index (χ0) is 21.1. The fourth-order valence-electron chi connectivity index (χ4n) is 4.75. The molecule has 1 aromatic rings. The lowest BCUT2D eigenvalue weighted by Gasteiger charge is -2.37. The molecular weight excluding hydrogens is 384 g/mol. The molecule has 7 heteroatoms. The van der Waals surface area contributed by atoms with Crippen LogP contribution >= 0.6 is 0 Å². The molecule has 1 aromatic carbocycles. The Kier molecular flexibility index (Phi) is 6.80. The lowest BCUT2D eigenvalue weighted by Crippen LogP contribution is -2.51. The summed E-state index contributed by atoms with van der Waals surface area (Å²) in [5.74, 6) is 1.57. The van der Waals surface area contributed by atoms with Crippen molar-refractivity contribution in [1.29, 1.82) is 0 Å². The number of aliphatic hydroxyl groups is 1. The van der Waals surface area contributed by atoms with E-state index in [9.17, 15) is 5.11 Å². The monoisotopic (exact) mass is 418 g/mol. The van der Waals surface area contributed by atoms with Crippen LogP contribution in [0.4, 0.5) is 0 Å². The van der Waals surface area contributed by atoms with Crippen molar-refractivity contribution in [1.82, 2.24) is 4.90 Å². The molecule has 0 bridgehead atoms. The first kappa shape index (κ1) is 21.4. The van der Waals surface area contributed by atoms with E-state index in [2.05, 4.69) is 11.2 Å². The van der Waals surface area contributed by atoms with E-state index in [1.165, 1.54) is 18.4 Å². The summed E-state index contributed by atoms with van der Waals surface area (Å²) in [4.78, 5) is 7.56. The Hall–Kier alpha value is -1.83. The molecule has 0 amide bonds. The van der Waals surface area contributed by atoms with Gasteiger partial charge in [0.25, 0.3) is 0 Å². The molecular formula is C23H34N2O5. The zero-order valence-electron chi connectivity index (χ0n) is 18.3. The second kappa shape index (κ2) is 9.54. The van der Waals surface area contributed by atoms with Crippen LogP contribution in [0.25, 0.3) is 0 Å². The van der Waals surface area contributed by atoms with Crippen LogP contribution in [0.1, 0.15) is 57.1 Å². The summed E-state index contributed by atoms with van der Waals surface area (Å²) in [5.41, 5.74) is 3.16. The predicted molar refractivity (Wildman–Crippen MR) is 114 cm³/mol. The second-order valence-electron chi connectivity index (χ2n) is 8.71. The number of hydrogen-bond donors (Lipinski definition) is 1. The van der Waals surface area contributed by atoms with Crippen LogP contribution in [0.5, 0.6) is 11.5 Å². The fraction of sp³-hybridized carbons (Fsp3) is 0.696. The molecule has 1 heterocycles. The van der Waals surface area contributed by atoms with Crippen LogP contribution < -0.4 is 9.47 Å². The summed E-state index contributed by atoms with van der Waals surface area (Å²) in [6.45, 7) is 5.56. The molecule has 0 radical (unpaired) electrons. The first-order valence-corrected chi connectivity index (χ1v) is 11.2. The summed E-state index contributed by atoms with van der Waals surface area (Å²) in [6, 6.07) is 4.11. The van der Waals surface area contributed by atoms with Crippen LogP contribution in [0.2, 0.25) is 0 Å². The Morgan fingerprint density at radius 2 is 1.87 bits per heavy atom. The van der Waals surface area contributed by atoms with Crippen molar-refractivity contribution in [2.24, 2.45) is 5.16 Å². The van der Waals surface area contributed by atoms with E-state index in [-0.39, 0.29) is 24.9 Å². The van der Waals surface area contributed by atoms with Gasteiger partial charge in [-0.05, 0) is 70.1 Å². The fourth-order valence-corrected chi connectivity index (χ4v) is 4.75. The number of oxime groups is 1. The van der Waals surface area contributed by atoms with Crippen LogP contribution in [0, 0.1) is 0 Å². The van der Waals surface area contributed by atoms with E-state index in [0.717, 1.165) is 48.5 Å². The molecule has 30 heavy (non-hydrogen) atoms. The van der Waals surface area contributed by atoms with Gasteiger partial charge in [-0.3, -0.25) is 4.90 Å². The summed E-state index contributed by atoms with van der Waals surface area (Å²) in [6.07, 6.45) is 6.13. The molecule has 0 aromatic heterocycles. The quantitative estimate of drug-likeness (QED) is 0.686. The van der Waals surface area contributed by atoms with Gasteiger partial charge < -0.3 is 24.2 Å². The predicted octanol–water partition coefficient (Wildman–Crippen LogP) is 3.11. The smallest absolute Gasteiger partial charge is 0.162 e. The van der Waals surface area contributed by atoms with E-state index in [4.69, 9.17) is 19.0 Å². The van der Waals surface area contributed by atoms with Crippen molar-refractivity contribution in [2.75, 3.05) is 26.8 Å². The number of benzene rings is 1. The van der Waals surface area contributed by atoms with Crippen LogP contribution in [-0.4, -0.2) is 67.1 Å². The highest BCUT2D eigenvalue weighted by Crippen LogP contribution is 2.37. The number of hydrogen-bond acceptors (Lipinski definition) is 7. The summed E-state index contributed by atoms with van der Waals surface area (Å²) < 4.78 is 17.5. The van der Waals surface area contributed by atoms with E-state index < -0.39 is 6.23 Å². The minimum absolute atomic E-state index is 0.102. The van der Waals surface area contributed by atoms with Gasteiger partial charge in [-0.1, -0.05) is 5.16 Å². The lowest BCUT2D eigenvalue weighted by atomic mass is 10.1. The summed E-state index contributed by atoms with van der Waals surface area (Å²) in [5, 5.41) is 14.9. The first-order valence-electron chi connectivity index (χ1n) is 11.2. The highest BCUT2D eigenvalue weighted by Gasteiger charge is 2.28. The average molecular weight is 419 g/mol. The number of methoxy groups -OCH3 is 1. The van der Waals surface area contributed by atoms with Gasteiger partial charge in [0.05, 0.1) is 31.1 Å².